The summed E-state index contributed by atoms with van der Waals surface area (Å²) in [5.41, 5.74) is 3.96. The van der Waals surface area contributed by atoms with Crippen molar-refractivity contribution in [2.45, 2.75) is 39.3 Å². The van der Waals surface area contributed by atoms with Gasteiger partial charge in [0, 0.05) is 53.8 Å². The van der Waals surface area contributed by atoms with Crippen LogP contribution in [0.15, 0.2) is 43.5 Å². The average Bonchev–Trinajstić information content (AvgIpc) is 3.29. The Morgan fingerprint density at radius 3 is 2.93 bits per heavy atom. The number of H-pyrrole nitrogens is 1. The molecule has 0 aromatic carbocycles. The van der Waals surface area contributed by atoms with Gasteiger partial charge in [-0.15, -0.1) is 0 Å². The van der Waals surface area contributed by atoms with Crippen LogP contribution in [0.3, 0.4) is 0 Å². The van der Waals surface area contributed by atoms with E-state index in [1.807, 2.05) is 24.7 Å². The number of rotatable bonds is 7. The lowest BCUT2D eigenvalue weighted by atomic mass is 10.1. The molecule has 0 radical (unpaired) electrons. The minimum Gasteiger partial charge on any atom is -0.382 e. The molecule has 2 N–H and O–H groups in total. The molecular weight excluding hydrogens is 367 g/mol. The van der Waals surface area contributed by atoms with Gasteiger partial charge < -0.3 is 10.3 Å². The van der Waals surface area contributed by atoms with Gasteiger partial charge in [-0.2, -0.15) is 5.10 Å². The summed E-state index contributed by atoms with van der Waals surface area (Å²) >= 11 is 0. The van der Waals surface area contributed by atoms with Crippen molar-refractivity contribution >= 4 is 22.2 Å². The second-order valence-electron chi connectivity index (χ2n) is 7.86. The second kappa shape index (κ2) is 7.31. The van der Waals surface area contributed by atoms with Crippen LogP contribution in [0, 0.1) is 0 Å². The van der Waals surface area contributed by atoms with Gasteiger partial charge >= 0.3 is 0 Å². The molecule has 0 saturated heterocycles. The molecular formula is C22H25FN6. The summed E-state index contributed by atoms with van der Waals surface area (Å²) in [4.78, 5) is 12.4. The molecule has 0 unspecified atom stereocenters. The summed E-state index contributed by atoms with van der Waals surface area (Å²) < 4.78 is 15.6. The molecule has 29 heavy (non-hydrogen) atoms. The highest BCUT2D eigenvalue weighted by molar-refractivity contribution is 5.94. The Morgan fingerprint density at radius 1 is 1.34 bits per heavy atom. The Balaban J connectivity index is 1.70. The van der Waals surface area contributed by atoms with Crippen molar-refractivity contribution in [2.75, 3.05) is 6.54 Å². The molecule has 0 bridgehead atoms. The predicted octanol–water partition coefficient (Wildman–Crippen LogP) is 4.53. The van der Waals surface area contributed by atoms with Gasteiger partial charge in [0.1, 0.15) is 17.1 Å². The molecule has 0 aliphatic carbocycles. The Bertz CT molecular complexity index is 1180. The predicted molar refractivity (Wildman–Crippen MR) is 114 cm³/mol. The summed E-state index contributed by atoms with van der Waals surface area (Å²) in [6.45, 7) is 9.43. The van der Waals surface area contributed by atoms with Crippen LogP contribution < -0.4 is 5.32 Å². The first-order valence-corrected chi connectivity index (χ1v) is 9.78. The first kappa shape index (κ1) is 19.1. The normalized spacial score (nSPS) is 12.0. The van der Waals surface area contributed by atoms with Crippen LogP contribution in [-0.2, 0) is 6.42 Å². The number of hydrogen-bond acceptors (Lipinski definition) is 4. The Labute approximate surface area is 168 Å². The van der Waals surface area contributed by atoms with Crippen LogP contribution in [0.25, 0.3) is 33.4 Å². The fourth-order valence-corrected chi connectivity index (χ4v) is 3.32. The van der Waals surface area contributed by atoms with E-state index in [2.05, 4.69) is 44.9 Å². The quantitative estimate of drug-likeness (QED) is 0.485. The second-order valence-corrected chi connectivity index (χ2v) is 7.86. The van der Waals surface area contributed by atoms with Crippen molar-refractivity contribution in [2.24, 2.45) is 0 Å². The van der Waals surface area contributed by atoms with Gasteiger partial charge in [0.25, 0.3) is 0 Å². The monoisotopic (exact) mass is 392 g/mol. The summed E-state index contributed by atoms with van der Waals surface area (Å²) in [5.74, 6) is 0.847. The number of aryl methyl sites for hydroxylation is 1. The van der Waals surface area contributed by atoms with Gasteiger partial charge in [0.05, 0.1) is 11.7 Å². The molecule has 0 saturated carbocycles. The topological polar surface area (TPSA) is 70.9 Å². The lowest BCUT2D eigenvalue weighted by molar-refractivity contribution is 0.219. The van der Waals surface area contributed by atoms with Crippen molar-refractivity contribution in [1.29, 1.82) is 0 Å². The third-order valence-electron chi connectivity index (χ3n) is 4.84. The molecule has 0 aliphatic heterocycles. The first-order chi connectivity index (χ1) is 13.9. The van der Waals surface area contributed by atoms with Gasteiger partial charge in [0.2, 0.25) is 0 Å². The molecule has 7 heteroatoms. The largest absolute Gasteiger partial charge is 0.382 e. The van der Waals surface area contributed by atoms with Crippen LogP contribution in [-0.4, -0.2) is 36.8 Å². The molecule has 4 rings (SSSR count). The number of pyridine rings is 1. The van der Waals surface area contributed by atoms with E-state index in [1.165, 1.54) is 13.8 Å². The molecule has 4 aromatic rings. The molecule has 0 spiro atoms. The number of fused-ring (bicyclic) bond motifs is 2. The number of aromatic amines is 1. The molecule has 0 atom stereocenters. The van der Waals surface area contributed by atoms with Gasteiger partial charge in [-0.25, -0.2) is 18.9 Å². The summed E-state index contributed by atoms with van der Waals surface area (Å²) in [5, 5.41) is 8.44. The van der Waals surface area contributed by atoms with Gasteiger partial charge in [-0.1, -0.05) is 13.5 Å². The molecule has 0 fully saturated rings. The summed E-state index contributed by atoms with van der Waals surface area (Å²) in [7, 11) is 0. The van der Waals surface area contributed by atoms with Gasteiger partial charge in [-0.05, 0) is 38.0 Å². The molecule has 4 heterocycles. The number of hydrogen-bond donors (Lipinski definition) is 2. The van der Waals surface area contributed by atoms with E-state index in [0.717, 1.165) is 51.9 Å². The van der Waals surface area contributed by atoms with Crippen molar-refractivity contribution in [3.05, 3.63) is 54.9 Å². The fourth-order valence-electron chi connectivity index (χ4n) is 3.32. The lowest BCUT2D eigenvalue weighted by Crippen LogP contribution is -2.29. The van der Waals surface area contributed by atoms with Crippen LogP contribution in [0.5, 0.6) is 0 Å². The zero-order valence-electron chi connectivity index (χ0n) is 17.0. The van der Waals surface area contributed by atoms with Crippen LogP contribution in [0.1, 0.15) is 38.6 Å². The zero-order chi connectivity index (χ0) is 20.6. The molecule has 0 aliphatic rings. The fraction of sp³-hybridized carbons (Fsp3) is 0.318. The van der Waals surface area contributed by atoms with Crippen molar-refractivity contribution < 1.29 is 4.39 Å². The highest BCUT2D eigenvalue weighted by atomic mass is 19.1. The molecule has 150 valence electrons. The lowest BCUT2D eigenvalue weighted by Gasteiger charge is -2.17. The highest BCUT2D eigenvalue weighted by Crippen LogP contribution is 2.30. The third-order valence-corrected chi connectivity index (χ3v) is 4.84. The SMILES string of the molecule is C=C(NCC(C)(C)F)c1cnn2ccc(-c3c[nH]c4nc(CCC)ncc34)cc12. The number of alkyl halides is 1. The Morgan fingerprint density at radius 2 is 2.17 bits per heavy atom. The number of halogens is 1. The van der Waals surface area contributed by atoms with E-state index in [9.17, 15) is 4.39 Å². The van der Waals surface area contributed by atoms with E-state index in [1.54, 1.807) is 10.7 Å². The Hall–Kier alpha value is -3.22. The maximum absolute atomic E-state index is 13.8. The maximum atomic E-state index is 13.8. The summed E-state index contributed by atoms with van der Waals surface area (Å²) in [6, 6.07) is 4.06. The average molecular weight is 392 g/mol. The molecule has 6 nitrogen and oxygen atoms in total. The maximum Gasteiger partial charge on any atom is 0.141 e. The van der Waals surface area contributed by atoms with Gasteiger partial charge in [0.15, 0.2) is 0 Å². The standard InChI is InChI=1S/C22H25FN6/c1-5-6-20-24-11-18-17(10-25-21(18)28-20)15-7-8-29-19(9-15)16(12-27-29)14(2)26-13-22(3,4)23/h7-12,26H,2,5-6,13H2,1,3-4H3,(H,24,25,28). The van der Waals surface area contributed by atoms with E-state index < -0.39 is 5.67 Å². The number of nitrogens with zero attached hydrogens (tertiary/aromatic N) is 4. The number of nitrogens with one attached hydrogen (secondary N) is 2. The van der Waals surface area contributed by atoms with E-state index in [4.69, 9.17) is 0 Å². The van der Waals surface area contributed by atoms with Gasteiger partial charge in [-0.3, -0.25) is 0 Å². The minimum absolute atomic E-state index is 0.183. The van der Waals surface area contributed by atoms with Crippen molar-refractivity contribution in [3.63, 3.8) is 0 Å². The van der Waals surface area contributed by atoms with Crippen molar-refractivity contribution in [1.82, 2.24) is 29.9 Å². The summed E-state index contributed by atoms with van der Waals surface area (Å²) in [6.07, 6.45) is 9.36. The van der Waals surface area contributed by atoms with Crippen molar-refractivity contribution in [3.8, 4) is 11.1 Å². The van der Waals surface area contributed by atoms with Crippen LogP contribution in [0.2, 0.25) is 0 Å². The van der Waals surface area contributed by atoms with E-state index in [-0.39, 0.29) is 6.54 Å². The molecule has 4 aromatic heterocycles. The van der Waals surface area contributed by atoms with Crippen LogP contribution >= 0.6 is 0 Å². The van der Waals surface area contributed by atoms with E-state index in [0.29, 0.717) is 5.70 Å². The first-order valence-electron chi connectivity index (χ1n) is 9.78. The Kier molecular flexibility index (Phi) is 4.82. The number of aromatic nitrogens is 5. The van der Waals surface area contributed by atoms with E-state index >= 15 is 0 Å². The zero-order valence-corrected chi connectivity index (χ0v) is 17.0. The highest BCUT2D eigenvalue weighted by Gasteiger charge is 2.17. The van der Waals surface area contributed by atoms with Crippen LogP contribution in [0.4, 0.5) is 4.39 Å². The molecule has 0 amide bonds. The minimum atomic E-state index is -1.32. The third kappa shape index (κ3) is 3.85. The smallest absolute Gasteiger partial charge is 0.141 e.